The lowest BCUT2D eigenvalue weighted by molar-refractivity contribution is 0.262. The van der Waals surface area contributed by atoms with Crippen LogP contribution in [0, 0.1) is 19.7 Å². The smallest absolute Gasteiger partial charge is 0.324 e. The van der Waals surface area contributed by atoms with Gasteiger partial charge in [0.2, 0.25) is 5.95 Å². The van der Waals surface area contributed by atoms with Crippen molar-refractivity contribution in [2.24, 2.45) is 0 Å². The van der Waals surface area contributed by atoms with Gasteiger partial charge in [-0.1, -0.05) is 12.1 Å². The van der Waals surface area contributed by atoms with E-state index in [9.17, 15) is 9.18 Å². The lowest BCUT2D eigenvalue weighted by Gasteiger charge is -2.05. The number of hydrogen-bond acceptors (Lipinski definition) is 2. The number of nitrogens with one attached hydrogen (secondary N) is 3. The summed E-state index contributed by atoms with van der Waals surface area (Å²) in [4.78, 5) is 19.2. The van der Waals surface area contributed by atoms with Crippen molar-refractivity contribution in [1.29, 1.82) is 0 Å². The molecule has 3 aromatic rings. The summed E-state index contributed by atoms with van der Waals surface area (Å²) >= 11 is 0. The molecule has 0 atom stereocenters. The van der Waals surface area contributed by atoms with Gasteiger partial charge < -0.3 is 10.3 Å². The topological polar surface area (TPSA) is 69.8 Å². The van der Waals surface area contributed by atoms with Gasteiger partial charge in [0.05, 0.1) is 16.7 Å². The molecule has 3 N–H and O–H groups in total. The number of imidazole rings is 1. The first kappa shape index (κ1) is 14.1. The van der Waals surface area contributed by atoms with Crippen LogP contribution in [0.3, 0.4) is 0 Å². The number of carbonyl (C=O) groups is 1. The number of urea groups is 1. The number of anilines is 2. The minimum absolute atomic E-state index is 0.114. The first-order valence-corrected chi connectivity index (χ1v) is 6.82. The van der Waals surface area contributed by atoms with E-state index in [-0.39, 0.29) is 5.69 Å². The number of amides is 2. The zero-order valence-corrected chi connectivity index (χ0v) is 12.2. The fraction of sp³-hybridized carbons (Fsp3) is 0.125. The Labute approximate surface area is 126 Å². The Balaban J connectivity index is 1.78. The zero-order valence-electron chi connectivity index (χ0n) is 12.2. The highest BCUT2D eigenvalue weighted by Crippen LogP contribution is 2.19. The van der Waals surface area contributed by atoms with Crippen LogP contribution in [0.15, 0.2) is 36.4 Å². The van der Waals surface area contributed by atoms with Gasteiger partial charge in [0.25, 0.3) is 0 Å². The number of benzene rings is 2. The standard InChI is InChI=1S/C16H15FN4O/c1-9-7-13-14(8-10(9)2)19-15(18-13)21-16(22)20-12-6-4-3-5-11(12)17/h3-8H,1-2H3,(H3,18,19,20,21,22). The van der Waals surface area contributed by atoms with Crippen LogP contribution >= 0.6 is 0 Å². The van der Waals surface area contributed by atoms with Crippen molar-refractivity contribution in [3.8, 4) is 0 Å². The molecular formula is C16H15FN4O. The fourth-order valence-corrected chi connectivity index (χ4v) is 2.15. The number of nitrogens with zero attached hydrogens (tertiary/aromatic N) is 1. The minimum Gasteiger partial charge on any atom is -0.324 e. The van der Waals surface area contributed by atoms with E-state index in [0.717, 1.165) is 22.2 Å². The number of H-pyrrole nitrogens is 1. The number of rotatable bonds is 2. The molecule has 6 heteroatoms. The highest BCUT2D eigenvalue weighted by molar-refractivity contribution is 5.99. The van der Waals surface area contributed by atoms with E-state index in [2.05, 4.69) is 20.6 Å². The Morgan fingerprint density at radius 2 is 1.86 bits per heavy atom. The number of carbonyl (C=O) groups excluding carboxylic acids is 1. The molecule has 2 aromatic carbocycles. The predicted molar refractivity (Wildman–Crippen MR) is 84.6 cm³/mol. The van der Waals surface area contributed by atoms with E-state index in [4.69, 9.17) is 0 Å². The lowest BCUT2D eigenvalue weighted by atomic mass is 10.1. The summed E-state index contributed by atoms with van der Waals surface area (Å²) in [7, 11) is 0. The summed E-state index contributed by atoms with van der Waals surface area (Å²) < 4.78 is 13.5. The molecule has 0 saturated heterocycles. The number of aromatic amines is 1. The molecule has 2 amide bonds. The van der Waals surface area contributed by atoms with Gasteiger partial charge in [0.1, 0.15) is 5.82 Å². The molecule has 0 aliphatic carbocycles. The van der Waals surface area contributed by atoms with Gasteiger partial charge in [0, 0.05) is 0 Å². The zero-order chi connectivity index (χ0) is 15.7. The molecule has 1 aromatic heterocycles. The molecule has 0 fully saturated rings. The van der Waals surface area contributed by atoms with E-state index in [1.165, 1.54) is 12.1 Å². The average Bonchev–Trinajstić information content (AvgIpc) is 2.83. The monoisotopic (exact) mass is 298 g/mol. The molecule has 0 unspecified atom stereocenters. The first-order valence-electron chi connectivity index (χ1n) is 6.82. The molecule has 22 heavy (non-hydrogen) atoms. The van der Waals surface area contributed by atoms with Crippen LogP contribution in [0.25, 0.3) is 11.0 Å². The van der Waals surface area contributed by atoms with E-state index < -0.39 is 11.8 Å². The maximum atomic E-state index is 13.5. The van der Waals surface area contributed by atoms with Crippen molar-refractivity contribution in [3.05, 3.63) is 53.3 Å². The van der Waals surface area contributed by atoms with Crippen molar-refractivity contribution >= 4 is 28.7 Å². The quantitative estimate of drug-likeness (QED) is 0.670. The third-order valence-corrected chi connectivity index (χ3v) is 3.45. The van der Waals surface area contributed by atoms with Crippen LogP contribution in [0.2, 0.25) is 0 Å². The molecule has 1 heterocycles. The second-order valence-electron chi connectivity index (χ2n) is 5.10. The van der Waals surface area contributed by atoms with Crippen molar-refractivity contribution in [1.82, 2.24) is 9.97 Å². The van der Waals surface area contributed by atoms with Gasteiger partial charge in [-0.15, -0.1) is 0 Å². The minimum atomic E-state index is -0.558. The van der Waals surface area contributed by atoms with Gasteiger partial charge in [-0.3, -0.25) is 5.32 Å². The number of aromatic nitrogens is 2. The summed E-state index contributed by atoms with van der Waals surface area (Å²) in [6, 6.07) is 9.33. The van der Waals surface area contributed by atoms with Crippen LogP contribution in [0.4, 0.5) is 20.8 Å². The molecule has 0 bridgehead atoms. The Bertz CT molecular complexity index is 817. The number of halogens is 1. The Morgan fingerprint density at radius 3 is 2.64 bits per heavy atom. The summed E-state index contributed by atoms with van der Waals surface area (Å²) in [5.41, 5.74) is 3.98. The van der Waals surface area contributed by atoms with Crippen LogP contribution in [-0.4, -0.2) is 16.0 Å². The molecule has 0 radical (unpaired) electrons. The highest BCUT2D eigenvalue weighted by atomic mass is 19.1. The Morgan fingerprint density at radius 1 is 1.14 bits per heavy atom. The predicted octanol–water partition coefficient (Wildman–Crippen LogP) is 3.96. The Hall–Kier alpha value is -2.89. The van der Waals surface area contributed by atoms with E-state index in [1.54, 1.807) is 12.1 Å². The number of aryl methyl sites for hydroxylation is 2. The lowest BCUT2D eigenvalue weighted by Crippen LogP contribution is -2.20. The Kier molecular flexibility index (Phi) is 3.50. The van der Waals surface area contributed by atoms with Crippen molar-refractivity contribution in [2.45, 2.75) is 13.8 Å². The van der Waals surface area contributed by atoms with Gasteiger partial charge in [-0.05, 0) is 49.2 Å². The molecular weight excluding hydrogens is 283 g/mol. The second-order valence-corrected chi connectivity index (χ2v) is 5.10. The number of fused-ring (bicyclic) bond motifs is 1. The molecule has 0 saturated carbocycles. The third kappa shape index (κ3) is 2.76. The molecule has 0 spiro atoms. The van der Waals surface area contributed by atoms with Crippen molar-refractivity contribution in [3.63, 3.8) is 0 Å². The first-order chi connectivity index (χ1) is 10.5. The summed E-state index contributed by atoms with van der Waals surface area (Å²) in [6.07, 6.45) is 0. The van der Waals surface area contributed by atoms with Gasteiger partial charge in [0.15, 0.2) is 0 Å². The average molecular weight is 298 g/mol. The molecule has 3 rings (SSSR count). The third-order valence-electron chi connectivity index (χ3n) is 3.45. The van der Waals surface area contributed by atoms with E-state index in [1.807, 2.05) is 26.0 Å². The second kappa shape index (κ2) is 5.48. The summed E-state index contributed by atoms with van der Waals surface area (Å²) in [5.74, 6) is -0.178. The van der Waals surface area contributed by atoms with Gasteiger partial charge in [-0.25, -0.2) is 14.2 Å². The van der Waals surface area contributed by atoms with Crippen molar-refractivity contribution < 1.29 is 9.18 Å². The summed E-state index contributed by atoms with van der Waals surface area (Å²) in [5, 5.41) is 5.00. The fourth-order valence-electron chi connectivity index (χ4n) is 2.15. The largest absolute Gasteiger partial charge is 0.326 e. The molecule has 5 nitrogen and oxygen atoms in total. The maximum Gasteiger partial charge on any atom is 0.326 e. The van der Waals surface area contributed by atoms with Gasteiger partial charge in [-0.2, -0.15) is 0 Å². The van der Waals surface area contributed by atoms with Crippen LogP contribution < -0.4 is 10.6 Å². The van der Waals surface area contributed by atoms with Crippen LogP contribution in [0.5, 0.6) is 0 Å². The summed E-state index contributed by atoms with van der Waals surface area (Å²) in [6.45, 7) is 4.01. The maximum absolute atomic E-state index is 13.5. The van der Waals surface area contributed by atoms with Crippen molar-refractivity contribution in [2.75, 3.05) is 10.6 Å². The van der Waals surface area contributed by atoms with E-state index in [0.29, 0.717) is 5.95 Å². The molecule has 0 aliphatic rings. The SMILES string of the molecule is Cc1cc2nc(NC(=O)Nc3ccccc3F)[nH]c2cc1C. The number of hydrogen-bond donors (Lipinski definition) is 3. The normalized spacial score (nSPS) is 10.7. The molecule has 0 aliphatic heterocycles. The number of para-hydroxylation sites is 1. The van der Waals surface area contributed by atoms with Crippen LogP contribution in [0.1, 0.15) is 11.1 Å². The van der Waals surface area contributed by atoms with E-state index >= 15 is 0 Å². The highest BCUT2D eigenvalue weighted by Gasteiger charge is 2.10. The van der Waals surface area contributed by atoms with Gasteiger partial charge >= 0.3 is 6.03 Å². The molecule has 112 valence electrons. The van der Waals surface area contributed by atoms with Crippen LogP contribution in [-0.2, 0) is 0 Å².